The number of halogens is 1. The number of rotatable bonds is 3. The Morgan fingerprint density at radius 1 is 1.32 bits per heavy atom. The number of hydrogen-bond donors (Lipinski definition) is 1. The molecule has 3 unspecified atom stereocenters. The molecule has 1 aromatic rings. The molecule has 1 saturated heterocycles. The zero-order chi connectivity index (χ0) is 14.0. The fraction of sp³-hybridized carbons (Fsp3) is 0.625. The standard InChI is InChI=1S/C16H25ClN2/c1-11-7-12(2)13(3)19(10-11)16-6-5-15(17)8-14(16)9-18-4/h5-6,8,11-13,18H,7,9-10H2,1-4H3. The van der Waals surface area contributed by atoms with Gasteiger partial charge in [-0.05, 0) is 56.0 Å². The fourth-order valence-electron chi connectivity index (χ4n) is 3.20. The van der Waals surface area contributed by atoms with Crippen LogP contribution in [0.4, 0.5) is 5.69 Å². The van der Waals surface area contributed by atoms with E-state index in [1.807, 2.05) is 13.1 Å². The smallest absolute Gasteiger partial charge is 0.0415 e. The zero-order valence-electron chi connectivity index (χ0n) is 12.4. The number of nitrogens with one attached hydrogen (secondary N) is 1. The molecule has 2 rings (SSSR count). The van der Waals surface area contributed by atoms with E-state index in [2.05, 4.69) is 43.1 Å². The second-order valence-electron chi connectivity index (χ2n) is 6.01. The van der Waals surface area contributed by atoms with Crippen molar-refractivity contribution >= 4 is 17.3 Å². The van der Waals surface area contributed by atoms with E-state index in [9.17, 15) is 0 Å². The van der Waals surface area contributed by atoms with Crippen LogP contribution in [-0.4, -0.2) is 19.6 Å². The molecule has 3 atom stereocenters. The van der Waals surface area contributed by atoms with Crippen LogP contribution < -0.4 is 10.2 Å². The summed E-state index contributed by atoms with van der Waals surface area (Å²) < 4.78 is 0. The lowest BCUT2D eigenvalue weighted by molar-refractivity contribution is 0.296. The number of benzene rings is 1. The molecule has 1 heterocycles. The number of nitrogens with zero attached hydrogens (tertiary/aromatic N) is 1. The maximum Gasteiger partial charge on any atom is 0.0415 e. The summed E-state index contributed by atoms with van der Waals surface area (Å²) in [7, 11) is 1.98. The molecule has 3 heteroatoms. The van der Waals surface area contributed by atoms with Crippen molar-refractivity contribution in [2.45, 2.75) is 39.8 Å². The second-order valence-corrected chi connectivity index (χ2v) is 6.45. The second kappa shape index (κ2) is 6.15. The zero-order valence-corrected chi connectivity index (χ0v) is 13.2. The van der Waals surface area contributed by atoms with Crippen molar-refractivity contribution in [2.75, 3.05) is 18.5 Å². The van der Waals surface area contributed by atoms with Gasteiger partial charge in [-0.25, -0.2) is 0 Å². The Balaban J connectivity index is 2.33. The van der Waals surface area contributed by atoms with E-state index < -0.39 is 0 Å². The van der Waals surface area contributed by atoms with Gasteiger partial charge in [0, 0.05) is 29.8 Å². The topological polar surface area (TPSA) is 15.3 Å². The highest BCUT2D eigenvalue weighted by Crippen LogP contribution is 2.34. The number of hydrogen-bond acceptors (Lipinski definition) is 2. The van der Waals surface area contributed by atoms with Crippen LogP contribution in [0.3, 0.4) is 0 Å². The van der Waals surface area contributed by atoms with Crippen LogP contribution >= 0.6 is 11.6 Å². The molecule has 1 aromatic carbocycles. The van der Waals surface area contributed by atoms with Crippen molar-refractivity contribution in [2.24, 2.45) is 11.8 Å². The summed E-state index contributed by atoms with van der Waals surface area (Å²) in [5.41, 5.74) is 2.63. The largest absolute Gasteiger partial charge is 0.368 e. The van der Waals surface area contributed by atoms with Gasteiger partial charge in [0.25, 0.3) is 0 Å². The number of piperidine rings is 1. The normalized spacial score (nSPS) is 27.6. The minimum absolute atomic E-state index is 0.591. The Morgan fingerprint density at radius 2 is 2.05 bits per heavy atom. The third-order valence-corrected chi connectivity index (χ3v) is 4.55. The minimum atomic E-state index is 0.591. The molecule has 19 heavy (non-hydrogen) atoms. The summed E-state index contributed by atoms with van der Waals surface area (Å²) in [6, 6.07) is 6.86. The van der Waals surface area contributed by atoms with Crippen LogP contribution in [0.25, 0.3) is 0 Å². The lowest BCUT2D eigenvalue weighted by Gasteiger charge is -2.43. The van der Waals surface area contributed by atoms with Crippen LogP contribution in [0.15, 0.2) is 18.2 Å². The lowest BCUT2D eigenvalue weighted by Crippen LogP contribution is -2.46. The van der Waals surface area contributed by atoms with Gasteiger partial charge >= 0.3 is 0 Å². The Morgan fingerprint density at radius 3 is 2.74 bits per heavy atom. The fourth-order valence-corrected chi connectivity index (χ4v) is 3.39. The van der Waals surface area contributed by atoms with Gasteiger partial charge in [0.05, 0.1) is 0 Å². The SMILES string of the molecule is CNCc1cc(Cl)ccc1N1CC(C)CC(C)C1C. The average molecular weight is 281 g/mol. The molecule has 0 bridgehead atoms. The number of anilines is 1. The highest BCUT2D eigenvalue weighted by atomic mass is 35.5. The molecular weight excluding hydrogens is 256 g/mol. The van der Waals surface area contributed by atoms with Crippen LogP contribution in [-0.2, 0) is 6.54 Å². The molecule has 1 aliphatic rings. The maximum atomic E-state index is 6.14. The van der Waals surface area contributed by atoms with Crippen molar-refractivity contribution in [1.82, 2.24) is 5.32 Å². The molecule has 0 amide bonds. The van der Waals surface area contributed by atoms with E-state index in [-0.39, 0.29) is 0 Å². The van der Waals surface area contributed by atoms with Gasteiger partial charge < -0.3 is 10.2 Å². The minimum Gasteiger partial charge on any atom is -0.368 e. The van der Waals surface area contributed by atoms with Gasteiger partial charge in [-0.15, -0.1) is 0 Å². The molecular formula is C16H25ClN2. The summed E-state index contributed by atoms with van der Waals surface area (Å²) in [4.78, 5) is 2.56. The van der Waals surface area contributed by atoms with Gasteiger partial charge in [0.1, 0.15) is 0 Å². The Hall–Kier alpha value is -0.730. The van der Waals surface area contributed by atoms with Gasteiger partial charge in [-0.2, -0.15) is 0 Å². The summed E-state index contributed by atoms with van der Waals surface area (Å²) in [5.74, 6) is 1.49. The molecule has 1 fully saturated rings. The van der Waals surface area contributed by atoms with E-state index in [4.69, 9.17) is 11.6 Å². The van der Waals surface area contributed by atoms with Crippen LogP contribution in [0.5, 0.6) is 0 Å². The monoisotopic (exact) mass is 280 g/mol. The maximum absolute atomic E-state index is 6.14. The molecule has 1 aliphatic heterocycles. The van der Waals surface area contributed by atoms with Gasteiger partial charge in [0.15, 0.2) is 0 Å². The van der Waals surface area contributed by atoms with Crippen molar-refractivity contribution in [1.29, 1.82) is 0 Å². The molecule has 0 radical (unpaired) electrons. The van der Waals surface area contributed by atoms with Gasteiger partial charge in [-0.3, -0.25) is 0 Å². The van der Waals surface area contributed by atoms with E-state index >= 15 is 0 Å². The molecule has 0 saturated carbocycles. The predicted molar refractivity (Wildman–Crippen MR) is 84.0 cm³/mol. The summed E-state index contributed by atoms with van der Waals surface area (Å²) >= 11 is 6.14. The summed E-state index contributed by atoms with van der Waals surface area (Å²) in [5, 5.41) is 4.06. The van der Waals surface area contributed by atoms with Gasteiger partial charge in [-0.1, -0.05) is 25.4 Å². The predicted octanol–water partition coefficient (Wildman–Crippen LogP) is 3.93. The van der Waals surface area contributed by atoms with E-state index in [1.165, 1.54) is 17.7 Å². The quantitative estimate of drug-likeness (QED) is 0.902. The Kier molecular flexibility index (Phi) is 4.75. The summed E-state index contributed by atoms with van der Waals surface area (Å²) in [6.45, 7) is 9.06. The molecule has 0 aliphatic carbocycles. The highest BCUT2D eigenvalue weighted by molar-refractivity contribution is 6.30. The molecule has 1 N–H and O–H groups in total. The third-order valence-electron chi connectivity index (χ3n) is 4.32. The Bertz CT molecular complexity index is 433. The first-order valence-electron chi connectivity index (χ1n) is 7.22. The average Bonchev–Trinajstić information content (AvgIpc) is 2.35. The van der Waals surface area contributed by atoms with Crippen molar-refractivity contribution in [3.8, 4) is 0 Å². The van der Waals surface area contributed by atoms with Crippen LogP contribution in [0.1, 0.15) is 32.8 Å². The van der Waals surface area contributed by atoms with Crippen molar-refractivity contribution in [3.63, 3.8) is 0 Å². The first-order chi connectivity index (χ1) is 9.02. The van der Waals surface area contributed by atoms with Crippen LogP contribution in [0.2, 0.25) is 5.02 Å². The molecule has 0 spiro atoms. The first kappa shape index (κ1) is 14.7. The van der Waals surface area contributed by atoms with E-state index in [1.54, 1.807) is 0 Å². The molecule has 0 aromatic heterocycles. The molecule has 2 nitrogen and oxygen atoms in total. The highest BCUT2D eigenvalue weighted by Gasteiger charge is 2.29. The van der Waals surface area contributed by atoms with Gasteiger partial charge in [0.2, 0.25) is 0 Å². The first-order valence-corrected chi connectivity index (χ1v) is 7.60. The van der Waals surface area contributed by atoms with Crippen LogP contribution in [0, 0.1) is 11.8 Å². The van der Waals surface area contributed by atoms with E-state index in [0.717, 1.165) is 29.9 Å². The van der Waals surface area contributed by atoms with E-state index in [0.29, 0.717) is 6.04 Å². The van der Waals surface area contributed by atoms with Crippen molar-refractivity contribution < 1.29 is 0 Å². The molecule has 106 valence electrons. The lowest BCUT2D eigenvalue weighted by atomic mass is 9.85. The summed E-state index contributed by atoms with van der Waals surface area (Å²) in [6.07, 6.45) is 1.33. The Labute approximate surface area is 122 Å². The third kappa shape index (κ3) is 3.24. The van der Waals surface area contributed by atoms with Crippen molar-refractivity contribution in [3.05, 3.63) is 28.8 Å².